The van der Waals surface area contributed by atoms with Crippen LogP contribution in [0.1, 0.15) is 22.3 Å². The van der Waals surface area contributed by atoms with Gasteiger partial charge in [-0.3, -0.25) is 4.57 Å². The maximum Gasteiger partial charge on any atom is 0.336 e. The highest BCUT2D eigenvalue weighted by Crippen LogP contribution is 2.30. The Bertz CT molecular complexity index is 1300. The molecule has 0 aliphatic heterocycles. The summed E-state index contributed by atoms with van der Waals surface area (Å²) < 4.78 is 7.47. The molecule has 152 valence electrons. The standard InChI is InChI=1S/C24H23N3O2S/c1-5-9-27-23(18-8-6-7-15(2)10-18)25-26-24(27)30-14-19-13-22(28)29-21-12-17(4)16(3)11-20(19)21/h5-8,10-13H,1,9,14H2,2-4H3. The monoisotopic (exact) mass is 417 g/mol. The van der Waals surface area contributed by atoms with Gasteiger partial charge in [0, 0.05) is 29.3 Å². The molecule has 2 aromatic heterocycles. The lowest BCUT2D eigenvalue weighted by Crippen LogP contribution is -2.03. The lowest BCUT2D eigenvalue weighted by molar-refractivity contribution is 0.559. The van der Waals surface area contributed by atoms with Crippen molar-refractivity contribution in [3.63, 3.8) is 0 Å². The Morgan fingerprint density at radius 3 is 2.67 bits per heavy atom. The van der Waals surface area contributed by atoms with E-state index in [2.05, 4.69) is 53.4 Å². The summed E-state index contributed by atoms with van der Waals surface area (Å²) in [5.74, 6) is 1.40. The lowest BCUT2D eigenvalue weighted by Gasteiger charge is -2.10. The minimum Gasteiger partial charge on any atom is -0.423 e. The summed E-state index contributed by atoms with van der Waals surface area (Å²) in [4.78, 5) is 12.1. The topological polar surface area (TPSA) is 60.9 Å². The van der Waals surface area contributed by atoms with Gasteiger partial charge in [-0.1, -0.05) is 41.6 Å². The van der Waals surface area contributed by atoms with Crippen LogP contribution in [-0.2, 0) is 12.3 Å². The minimum absolute atomic E-state index is 0.339. The number of nitrogens with zero attached hydrogens (tertiary/aromatic N) is 3. The lowest BCUT2D eigenvalue weighted by atomic mass is 10.0. The number of benzene rings is 2. The Morgan fingerprint density at radius 1 is 1.10 bits per heavy atom. The molecule has 0 spiro atoms. The zero-order valence-corrected chi connectivity index (χ0v) is 18.1. The first kappa shape index (κ1) is 20.2. The predicted molar refractivity (Wildman–Crippen MR) is 122 cm³/mol. The van der Waals surface area contributed by atoms with Gasteiger partial charge in [0.25, 0.3) is 0 Å². The zero-order chi connectivity index (χ0) is 21.3. The highest BCUT2D eigenvalue weighted by atomic mass is 32.2. The zero-order valence-electron chi connectivity index (χ0n) is 17.3. The largest absolute Gasteiger partial charge is 0.423 e. The van der Waals surface area contributed by atoms with Crippen molar-refractivity contribution >= 4 is 22.7 Å². The van der Waals surface area contributed by atoms with Crippen LogP contribution >= 0.6 is 11.8 Å². The number of hydrogen-bond acceptors (Lipinski definition) is 5. The van der Waals surface area contributed by atoms with E-state index in [1.807, 2.05) is 31.2 Å². The van der Waals surface area contributed by atoms with E-state index >= 15 is 0 Å². The van der Waals surface area contributed by atoms with Gasteiger partial charge in [-0.05, 0) is 55.7 Å². The quantitative estimate of drug-likeness (QED) is 0.237. The van der Waals surface area contributed by atoms with Crippen molar-refractivity contribution in [2.45, 2.75) is 38.2 Å². The predicted octanol–water partition coefficient (Wildman–Crippen LogP) is 5.46. The van der Waals surface area contributed by atoms with Gasteiger partial charge in [0.1, 0.15) is 5.58 Å². The molecule has 5 nitrogen and oxygen atoms in total. The van der Waals surface area contributed by atoms with Crippen LogP contribution < -0.4 is 5.63 Å². The van der Waals surface area contributed by atoms with E-state index in [9.17, 15) is 4.79 Å². The molecule has 4 rings (SSSR count). The fourth-order valence-corrected chi connectivity index (χ4v) is 4.37. The van der Waals surface area contributed by atoms with E-state index in [0.717, 1.165) is 33.1 Å². The van der Waals surface area contributed by atoms with Crippen LogP contribution in [0.5, 0.6) is 0 Å². The Balaban J connectivity index is 1.70. The number of rotatable bonds is 6. The van der Waals surface area contributed by atoms with Crippen molar-refractivity contribution in [2.24, 2.45) is 0 Å². The van der Waals surface area contributed by atoms with Crippen molar-refractivity contribution in [1.29, 1.82) is 0 Å². The molecule has 0 radical (unpaired) electrons. The van der Waals surface area contributed by atoms with Gasteiger partial charge in [0.05, 0.1) is 0 Å². The summed E-state index contributed by atoms with van der Waals surface area (Å²) in [6.07, 6.45) is 1.84. The summed E-state index contributed by atoms with van der Waals surface area (Å²) in [6.45, 7) is 10.6. The summed E-state index contributed by atoms with van der Waals surface area (Å²) in [7, 11) is 0. The number of allylic oxidation sites excluding steroid dienone is 1. The van der Waals surface area contributed by atoms with Gasteiger partial charge in [0.15, 0.2) is 11.0 Å². The van der Waals surface area contributed by atoms with E-state index in [1.54, 1.807) is 17.8 Å². The third-order valence-corrected chi connectivity index (χ3v) is 6.12. The minimum atomic E-state index is -0.339. The van der Waals surface area contributed by atoms with E-state index in [1.165, 1.54) is 11.1 Å². The number of fused-ring (bicyclic) bond motifs is 1. The number of hydrogen-bond donors (Lipinski definition) is 0. The fraction of sp³-hybridized carbons (Fsp3) is 0.208. The molecule has 2 heterocycles. The molecule has 0 saturated carbocycles. The van der Waals surface area contributed by atoms with Crippen molar-refractivity contribution in [1.82, 2.24) is 14.8 Å². The third kappa shape index (κ3) is 3.96. The summed E-state index contributed by atoms with van der Waals surface area (Å²) in [5.41, 5.74) is 5.67. The Morgan fingerprint density at radius 2 is 1.90 bits per heavy atom. The van der Waals surface area contributed by atoms with Gasteiger partial charge in [-0.25, -0.2) is 4.79 Å². The second-order valence-corrected chi connectivity index (χ2v) is 8.33. The molecule has 4 aromatic rings. The van der Waals surface area contributed by atoms with Crippen molar-refractivity contribution in [3.05, 3.63) is 87.8 Å². The molecular weight excluding hydrogens is 394 g/mol. The Hall–Kier alpha value is -3.12. The highest BCUT2D eigenvalue weighted by Gasteiger charge is 2.15. The normalized spacial score (nSPS) is 11.2. The van der Waals surface area contributed by atoms with Crippen molar-refractivity contribution in [3.8, 4) is 11.4 Å². The molecule has 0 aliphatic carbocycles. The molecule has 0 unspecified atom stereocenters. The molecular formula is C24H23N3O2S. The maximum absolute atomic E-state index is 12.1. The van der Waals surface area contributed by atoms with Crippen LogP contribution in [0.4, 0.5) is 0 Å². The van der Waals surface area contributed by atoms with E-state index in [0.29, 0.717) is 17.9 Å². The SMILES string of the molecule is C=CCn1c(SCc2cc(=O)oc3cc(C)c(C)cc23)nnc1-c1cccc(C)c1. The fourth-order valence-electron chi connectivity index (χ4n) is 3.43. The third-order valence-electron chi connectivity index (χ3n) is 5.11. The van der Waals surface area contributed by atoms with E-state index in [4.69, 9.17) is 4.42 Å². The van der Waals surface area contributed by atoms with Crippen molar-refractivity contribution in [2.75, 3.05) is 0 Å². The molecule has 6 heteroatoms. The van der Waals surface area contributed by atoms with Gasteiger partial charge in [-0.2, -0.15) is 0 Å². The van der Waals surface area contributed by atoms with Gasteiger partial charge < -0.3 is 4.42 Å². The Labute approximate surface area is 179 Å². The first-order chi connectivity index (χ1) is 14.5. The number of aromatic nitrogens is 3. The van der Waals surface area contributed by atoms with Crippen molar-refractivity contribution < 1.29 is 4.42 Å². The molecule has 0 N–H and O–H groups in total. The highest BCUT2D eigenvalue weighted by molar-refractivity contribution is 7.98. The van der Waals surface area contributed by atoms with E-state index < -0.39 is 0 Å². The van der Waals surface area contributed by atoms with Gasteiger partial charge in [0.2, 0.25) is 0 Å². The van der Waals surface area contributed by atoms with Gasteiger partial charge >= 0.3 is 5.63 Å². The first-order valence-corrected chi connectivity index (χ1v) is 10.7. The number of aryl methyl sites for hydroxylation is 3. The van der Waals surface area contributed by atoms with Crippen LogP contribution in [0.25, 0.3) is 22.4 Å². The van der Waals surface area contributed by atoms with Crippen LogP contribution in [0.2, 0.25) is 0 Å². The van der Waals surface area contributed by atoms with Crippen LogP contribution in [0.15, 0.2) is 69.5 Å². The molecule has 0 saturated heterocycles. The van der Waals surface area contributed by atoms with Gasteiger partial charge in [-0.15, -0.1) is 16.8 Å². The summed E-state index contributed by atoms with van der Waals surface area (Å²) in [5, 5.41) is 10.6. The average molecular weight is 418 g/mol. The van der Waals surface area contributed by atoms with Crippen LogP contribution in [-0.4, -0.2) is 14.8 Å². The molecule has 2 aromatic carbocycles. The Kier molecular flexibility index (Phi) is 5.59. The molecule has 0 aliphatic rings. The smallest absolute Gasteiger partial charge is 0.336 e. The molecule has 0 fully saturated rings. The van der Waals surface area contributed by atoms with E-state index in [-0.39, 0.29) is 5.63 Å². The maximum atomic E-state index is 12.1. The molecule has 0 amide bonds. The van der Waals surface area contributed by atoms with Crippen LogP contribution in [0.3, 0.4) is 0 Å². The average Bonchev–Trinajstić information content (AvgIpc) is 3.10. The summed E-state index contributed by atoms with van der Waals surface area (Å²) in [6, 6.07) is 13.8. The summed E-state index contributed by atoms with van der Waals surface area (Å²) >= 11 is 1.55. The first-order valence-electron chi connectivity index (χ1n) is 9.74. The molecule has 0 atom stereocenters. The van der Waals surface area contributed by atoms with Crippen LogP contribution in [0, 0.1) is 20.8 Å². The second-order valence-electron chi connectivity index (χ2n) is 7.39. The molecule has 0 bridgehead atoms. The second kappa shape index (κ2) is 8.32. The number of thioether (sulfide) groups is 1. The molecule has 30 heavy (non-hydrogen) atoms.